The second-order valence-corrected chi connectivity index (χ2v) is 8.60. The monoisotopic (exact) mass is 424 g/mol. The van der Waals surface area contributed by atoms with Gasteiger partial charge in [0.05, 0.1) is 19.3 Å². The Bertz CT molecular complexity index is 895. The summed E-state index contributed by atoms with van der Waals surface area (Å²) in [6, 6.07) is 16.7. The van der Waals surface area contributed by atoms with Crippen molar-refractivity contribution in [3.8, 4) is 5.75 Å². The van der Waals surface area contributed by atoms with Crippen LogP contribution in [0.1, 0.15) is 37.7 Å². The molecule has 1 saturated carbocycles. The molecule has 31 heavy (non-hydrogen) atoms. The molecule has 4 atom stereocenters. The van der Waals surface area contributed by atoms with E-state index in [-0.39, 0.29) is 29.7 Å². The van der Waals surface area contributed by atoms with E-state index >= 15 is 0 Å². The van der Waals surface area contributed by atoms with Crippen molar-refractivity contribution in [3.05, 3.63) is 78.1 Å². The van der Waals surface area contributed by atoms with E-state index in [4.69, 9.17) is 14.6 Å². The minimum atomic E-state index is -0.757. The average Bonchev–Trinajstić information content (AvgIpc) is 3.33. The van der Waals surface area contributed by atoms with Crippen molar-refractivity contribution >= 4 is 5.97 Å². The fourth-order valence-electron chi connectivity index (χ4n) is 5.20. The molecular formula is C26H29FO4. The van der Waals surface area contributed by atoms with Crippen LogP contribution in [-0.4, -0.2) is 30.4 Å². The van der Waals surface area contributed by atoms with Gasteiger partial charge in [-0.25, -0.2) is 4.39 Å². The molecule has 0 spiro atoms. The normalized spacial score (nSPS) is 27.1. The number of carbonyl (C=O) groups is 1. The van der Waals surface area contributed by atoms with Crippen LogP contribution in [-0.2, 0) is 14.9 Å². The molecular weight excluding hydrogens is 395 g/mol. The Labute approximate surface area is 182 Å². The zero-order valence-electron chi connectivity index (χ0n) is 17.6. The number of aliphatic carboxylic acids is 1. The second kappa shape index (κ2) is 9.65. The molecule has 0 aromatic heterocycles. The van der Waals surface area contributed by atoms with Gasteiger partial charge in [-0.2, -0.15) is 0 Å². The predicted molar refractivity (Wildman–Crippen MR) is 117 cm³/mol. The predicted octanol–water partition coefficient (Wildman–Crippen LogP) is 5.38. The Morgan fingerprint density at radius 1 is 1.16 bits per heavy atom. The first-order valence-electron chi connectivity index (χ1n) is 11.0. The lowest BCUT2D eigenvalue weighted by atomic mass is 9.69. The lowest BCUT2D eigenvalue weighted by Crippen LogP contribution is -2.41. The number of hydrogen-bond acceptors (Lipinski definition) is 3. The van der Waals surface area contributed by atoms with Gasteiger partial charge in [-0.1, -0.05) is 42.5 Å². The van der Waals surface area contributed by atoms with Crippen molar-refractivity contribution in [3.63, 3.8) is 0 Å². The quantitative estimate of drug-likeness (QED) is 0.411. The van der Waals surface area contributed by atoms with Gasteiger partial charge in [-0.05, 0) is 61.4 Å². The van der Waals surface area contributed by atoms with Crippen molar-refractivity contribution in [1.82, 2.24) is 0 Å². The van der Waals surface area contributed by atoms with Crippen LogP contribution in [0.5, 0.6) is 5.75 Å². The van der Waals surface area contributed by atoms with E-state index in [2.05, 4.69) is 12.2 Å². The number of ether oxygens (including phenoxy) is 2. The topological polar surface area (TPSA) is 55.8 Å². The molecule has 2 fully saturated rings. The minimum Gasteiger partial charge on any atom is -0.493 e. The number of carboxylic acids is 1. The fourth-order valence-corrected chi connectivity index (χ4v) is 5.20. The third kappa shape index (κ3) is 4.82. The third-order valence-corrected chi connectivity index (χ3v) is 6.75. The van der Waals surface area contributed by atoms with Crippen molar-refractivity contribution in [1.29, 1.82) is 0 Å². The van der Waals surface area contributed by atoms with Gasteiger partial charge in [-0.3, -0.25) is 4.79 Å². The molecule has 4 rings (SSSR count). The highest BCUT2D eigenvalue weighted by atomic mass is 19.1. The standard InChI is InChI=1S/C26H29FO4/c27-20-14-12-19(13-15-20)26-16-24(31-18-26)22(17-30-21-8-4-3-5-9-21)23(26)10-6-1-2-7-11-25(28)29/h1,3-6,8-9,12-15,22-24H,2,7,10-11,16-18H2,(H,28,29)/b6-1-/t22-,23-,24-,26-/m1/s1. The summed E-state index contributed by atoms with van der Waals surface area (Å²) in [6.45, 7) is 1.22. The maximum absolute atomic E-state index is 13.6. The largest absolute Gasteiger partial charge is 0.493 e. The van der Waals surface area contributed by atoms with E-state index in [0.717, 1.165) is 30.6 Å². The maximum Gasteiger partial charge on any atom is 0.303 e. The number of para-hydroxylation sites is 1. The zero-order chi connectivity index (χ0) is 21.7. The van der Waals surface area contributed by atoms with Gasteiger partial charge >= 0.3 is 5.97 Å². The maximum atomic E-state index is 13.6. The smallest absolute Gasteiger partial charge is 0.303 e. The molecule has 5 heteroatoms. The molecule has 1 N–H and O–H groups in total. The molecule has 4 nitrogen and oxygen atoms in total. The number of unbranched alkanes of at least 4 members (excludes halogenated alkanes) is 1. The highest BCUT2D eigenvalue weighted by Gasteiger charge is 2.59. The lowest BCUT2D eigenvalue weighted by Gasteiger charge is -2.39. The minimum absolute atomic E-state index is 0.124. The molecule has 1 aliphatic heterocycles. The number of halogens is 1. The van der Waals surface area contributed by atoms with Crippen LogP contribution in [0.2, 0.25) is 0 Å². The molecule has 2 bridgehead atoms. The van der Waals surface area contributed by atoms with Crippen LogP contribution in [0.3, 0.4) is 0 Å². The summed E-state index contributed by atoms with van der Waals surface area (Å²) in [5.74, 6) is 0.419. The molecule has 1 saturated heterocycles. The summed E-state index contributed by atoms with van der Waals surface area (Å²) >= 11 is 0. The molecule has 164 valence electrons. The summed E-state index contributed by atoms with van der Waals surface area (Å²) in [5.41, 5.74) is 0.983. The first-order valence-corrected chi connectivity index (χ1v) is 11.0. The summed E-state index contributed by atoms with van der Waals surface area (Å²) in [7, 11) is 0. The SMILES string of the molecule is O=C(O)CCC/C=C\C[C@@H]1[C@@H](COc2ccccc2)[C@H]2C[C@]1(c1ccc(F)cc1)CO2. The summed E-state index contributed by atoms with van der Waals surface area (Å²) in [6.07, 6.45) is 7.76. The lowest BCUT2D eigenvalue weighted by molar-refractivity contribution is -0.137. The van der Waals surface area contributed by atoms with Gasteiger partial charge < -0.3 is 14.6 Å². The summed E-state index contributed by atoms with van der Waals surface area (Å²) < 4.78 is 25.9. The van der Waals surface area contributed by atoms with Crippen LogP contribution in [0.15, 0.2) is 66.7 Å². The average molecular weight is 425 g/mol. The van der Waals surface area contributed by atoms with Crippen molar-refractivity contribution in [2.24, 2.45) is 11.8 Å². The molecule has 2 aliphatic rings. The number of rotatable bonds is 10. The van der Waals surface area contributed by atoms with Crippen LogP contribution >= 0.6 is 0 Å². The molecule has 0 unspecified atom stereocenters. The molecule has 2 aromatic rings. The Morgan fingerprint density at radius 3 is 2.68 bits per heavy atom. The van der Waals surface area contributed by atoms with Gasteiger partial charge in [-0.15, -0.1) is 0 Å². The van der Waals surface area contributed by atoms with E-state index in [1.807, 2.05) is 42.5 Å². The van der Waals surface area contributed by atoms with Gasteiger partial charge in [0.25, 0.3) is 0 Å². The van der Waals surface area contributed by atoms with E-state index in [0.29, 0.717) is 25.6 Å². The number of carboxylic acid groups (broad SMARTS) is 1. The molecule has 1 heterocycles. The number of allylic oxidation sites excluding steroid dienone is 2. The molecule has 0 amide bonds. The Kier molecular flexibility index (Phi) is 6.71. The van der Waals surface area contributed by atoms with Crippen molar-refractivity contribution < 1.29 is 23.8 Å². The van der Waals surface area contributed by atoms with Crippen LogP contribution in [0.4, 0.5) is 4.39 Å². The molecule has 1 aliphatic carbocycles. The van der Waals surface area contributed by atoms with Crippen molar-refractivity contribution in [2.75, 3.05) is 13.2 Å². The summed E-state index contributed by atoms with van der Waals surface area (Å²) in [5, 5.41) is 8.80. The Hall–Kier alpha value is -2.66. The highest BCUT2D eigenvalue weighted by Crippen LogP contribution is 2.56. The fraction of sp³-hybridized carbons (Fsp3) is 0.423. The van der Waals surface area contributed by atoms with E-state index in [1.54, 1.807) is 0 Å². The first kappa shape index (κ1) is 21.6. The second-order valence-electron chi connectivity index (χ2n) is 8.60. The van der Waals surface area contributed by atoms with Crippen LogP contribution in [0, 0.1) is 17.7 Å². The molecule has 0 radical (unpaired) electrons. The summed E-state index contributed by atoms with van der Waals surface area (Å²) in [4.78, 5) is 10.7. The first-order chi connectivity index (χ1) is 15.1. The molecule has 2 aromatic carbocycles. The van der Waals surface area contributed by atoms with Crippen molar-refractivity contribution in [2.45, 2.75) is 43.6 Å². The van der Waals surface area contributed by atoms with E-state index in [1.165, 1.54) is 12.1 Å². The van der Waals surface area contributed by atoms with E-state index in [9.17, 15) is 9.18 Å². The highest BCUT2D eigenvalue weighted by molar-refractivity contribution is 5.66. The Morgan fingerprint density at radius 2 is 1.94 bits per heavy atom. The zero-order valence-corrected chi connectivity index (χ0v) is 17.6. The van der Waals surface area contributed by atoms with Gasteiger partial charge in [0.15, 0.2) is 0 Å². The van der Waals surface area contributed by atoms with Gasteiger partial charge in [0, 0.05) is 17.8 Å². The van der Waals surface area contributed by atoms with Crippen LogP contribution < -0.4 is 4.74 Å². The van der Waals surface area contributed by atoms with Crippen LogP contribution in [0.25, 0.3) is 0 Å². The third-order valence-electron chi connectivity index (χ3n) is 6.75. The Balaban J connectivity index is 1.50. The van der Waals surface area contributed by atoms with Gasteiger partial charge in [0.1, 0.15) is 11.6 Å². The van der Waals surface area contributed by atoms with Gasteiger partial charge in [0.2, 0.25) is 0 Å². The number of benzene rings is 2. The number of fused-ring (bicyclic) bond motifs is 2. The number of hydrogen-bond donors (Lipinski definition) is 1. The van der Waals surface area contributed by atoms with E-state index < -0.39 is 5.97 Å².